The molecule has 31 heavy (non-hydrogen) atoms. The lowest BCUT2D eigenvalue weighted by Gasteiger charge is -2.20. The Hall–Kier alpha value is -3.62. The summed E-state index contributed by atoms with van der Waals surface area (Å²) in [6, 6.07) is 6.62. The van der Waals surface area contributed by atoms with Crippen LogP contribution in [0.15, 0.2) is 48.0 Å². The minimum atomic E-state index is -0.246. The van der Waals surface area contributed by atoms with Crippen LogP contribution in [-0.4, -0.2) is 44.5 Å². The third-order valence-electron chi connectivity index (χ3n) is 4.76. The number of nitrogens with zero attached hydrogens (tertiary/aromatic N) is 6. The van der Waals surface area contributed by atoms with Crippen molar-refractivity contribution in [1.82, 2.24) is 25.1 Å². The number of halogens is 1. The van der Waals surface area contributed by atoms with Crippen LogP contribution in [0.2, 0.25) is 0 Å². The van der Waals surface area contributed by atoms with E-state index in [1.54, 1.807) is 29.9 Å². The van der Waals surface area contributed by atoms with Gasteiger partial charge >= 0.3 is 0 Å². The van der Waals surface area contributed by atoms with Crippen LogP contribution in [0.4, 0.5) is 21.6 Å². The lowest BCUT2D eigenvalue weighted by molar-refractivity contribution is -0.114. The molecule has 162 valence electrons. The number of benzene rings is 1. The summed E-state index contributed by atoms with van der Waals surface area (Å²) in [6.07, 6.45) is 5.85. The van der Waals surface area contributed by atoms with Gasteiger partial charge in [0.05, 0.1) is 5.69 Å². The van der Waals surface area contributed by atoms with E-state index in [1.165, 1.54) is 12.4 Å². The standard InChI is InChI=1S/C18H20FN5O.C4H6N2/c1-4-20-18(25)12(3)23-16-11(2)21-10-22-17(16)24-8-7-13-9-14(19)5-6-15(13)24;1-6-4-2-3-5-6/h5-6,9-10H,4,7-8H2,1-3H3,(H,20,25);2-4H,1H3. The molecule has 1 N–H and O–H groups in total. The molecule has 8 nitrogen and oxygen atoms in total. The highest BCUT2D eigenvalue weighted by Crippen LogP contribution is 2.39. The number of rotatable bonds is 4. The van der Waals surface area contributed by atoms with Gasteiger partial charge in [-0.2, -0.15) is 5.10 Å². The molecule has 0 saturated carbocycles. The van der Waals surface area contributed by atoms with Gasteiger partial charge in [0.25, 0.3) is 5.91 Å². The van der Waals surface area contributed by atoms with Crippen molar-refractivity contribution >= 4 is 28.8 Å². The monoisotopic (exact) mass is 423 g/mol. The van der Waals surface area contributed by atoms with Gasteiger partial charge in [-0.25, -0.2) is 19.4 Å². The van der Waals surface area contributed by atoms with Crippen LogP contribution in [-0.2, 0) is 18.3 Å². The summed E-state index contributed by atoms with van der Waals surface area (Å²) in [4.78, 5) is 27.0. The summed E-state index contributed by atoms with van der Waals surface area (Å²) < 4.78 is 15.2. The molecular formula is C22H26FN7O. The first-order valence-corrected chi connectivity index (χ1v) is 10.0. The highest BCUT2D eigenvalue weighted by Gasteiger charge is 2.25. The van der Waals surface area contributed by atoms with Gasteiger partial charge in [0.2, 0.25) is 0 Å². The Morgan fingerprint density at radius 2 is 2.13 bits per heavy atom. The van der Waals surface area contributed by atoms with Gasteiger partial charge in [-0.05, 0) is 57.0 Å². The van der Waals surface area contributed by atoms with E-state index < -0.39 is 0 Å². The van der Waals surface area contributed by atoms with E-state index in [9.17, 15) is 9.18 Å². The Bertz CT molecular complexity index is 1080. The van der Waals surface area contributed by atoms with Crippen LogP contribution < -0.4 is 10.2 Å². The van der Waals surface area contributed by atoms with Crippen molar-refractivity contribution < 1.29 is 9.18 Å². The number of carbonyl (C=O) groups is 1. The predicted molar refractivity (Wildman–Crippen MR) is 119 cm³/mol. The van der Waals surface area contributed by atoms with Crippen molar-refractivity contribution in [1.29, 1.82) is 0 Å². The Morgan fingerprint density at radius 3 is 2.77 bits per heavy atom. The molecule has 1 aliphatic heterocycles. The van der Waals surface area contributed by atoms with Crippen LogP contribution in [0.5, 0.6) is 0 Å². The molecule has 0 atom stereocenters. The van der Waals surface area contributed by atoms with Crippen LogP contribution in [0, 0.1) is 12.7 Å². The SMILES string of the molecule is CCNC(=O)C(C)=Nc1c(C)ncnc1N1CCc2cc(F)ccc21.Cn1cccn1. The number of aliphatic imine (C=N–C) groups is 1. The van der Waals surface area contributed by atoms with Crippen molar-refractivity contribution in [2.24, 2.45) is 12.0 Å². The second-order valence-electron chi connectivity index (χ2n) is 7.04. The second kappa shape index (κ2) is 9.92. The summed E-state index contributed by atoms with van der Waals surface area (Å²) in [6.45, 7) is 6.56. The number of carbonyl (C=O) groups excluding carboxylic acids is 1. The van der Waals surface area contributed by atoms with E-state index >= 15 is 0 Å². The molecule has 4 rings (SSSR count). The Labute approximate surface area is 180 Å². The molecule has 1 amide bonds. The van der Waals surface area contributed by atoms with Gasteiger partial charge in [-0.3, -0.25) is 9.48 Å². The number of aromatic nitrogens is 4. The first-order chi connectivity index (χ1) is 14.9. The summed E-state index contributed by atoms with van der Waals surface area (Å²) in [5, 5.41) is 6.56. The number of anilines is 2. The van der Waals surface area contributed by atoms with E-state index in [-0.39, 0.29) is 11.7 Å². The molecule has 9 heteroatoms. The average Bonchev–Trinajstić information content (AvgIpc) is 3.38. The minimum absolute atomic E-state index is 0.222. The summed E-state index contributed by atoms with van der Waals surface area (Å²) >= 11 is 0. The van der Waals surface area contributed by atoms with Gasteiger partial charge in [0.1, 0.15) is 23.5 Å². The van der Waals surface area contributed by atoms with Gasteiger partial charge in [-0.1, -0.05) is 0 Å². The number of hydrogen-bond acceptors (Lipinski definition) is 6. The molecule has 0 fully saturated rings. The highest BCUT2D eigenvalue weighted by molar-refractivity contribution is 6.38. The Kier molecular flexibility index (Phi) is 7.07. The fourth-order valence-electron chi connectivity index (χ4n) is 3.23. The summed E-state index contributed by atoms with van der Waals surface area (Å²) in [5.74, 6) is 0.159. The zero-order chi connectivity index (χ0) is 22.4. The molecule has 0 spiro atoms. The molecule has 0 aliphatic carbocycles. The predicted octanol–water partition coefficient (Wildman–Crippen LogP) is 3.27. The topological polar surface area (TPSA) is 88.3 Å². The molecule has 2 aromatic heterocycles. The first kappa shape index (κ1) is 22.1. The number of aryl methyl sites for hydroxylation is 2. The van der Waals surface area contributed by atoms with Crippen LogP contribution in [0.1, 0.15) is 25.1 Å². The third kappa shape index (κ3) is 5.30. The molecule has 1 aromatic carbocycles. The lowest BCUT2D eigenvalue weighted by Crippen LogP contribution is -2.29. The Morgan fingerprint density at radius 1 is 1.32 bits per heavy atom. The van der Waals surface area contributed by atoms with Gasteiger partial charge < -0.3 is 10.2 Å². The van der Waals surface area contributed by atoms with E-state index in [1.807, 2.05) is 38.1 Å². The zero-order valence-corrected chi connectivity index (χ0v) is 18.1. The van der Waals surface area contributed by atoms with Crippen molar-refractivity contribution in [3.63, 3.8) is 0 Å². The summed E-state index contributed by atoms with van der Waals surface area (Å²) in [7, 11) is 1.89. The second-order valence-corrected chi connectivity index (χ2v) is 7.04. The van der Waals surface area contributed by atoms with Gasteiger partial charge in [-0.15, -0.1) is 0 Å². The Balaban J connectivity index is 0.000000391. The maximum absolute atomic E-state index is 13.5. The lowest BCUT2D eigenvalue weighted by atomic mass is 10.1. The minimum Gasteiger partial charge on any atom is -0.351 e. The fourth-order valence-corrected chi connectivity index (χ4v) is 3.23. The third-order valence-corrected chi connectivity index (χ3v) is 4.76. The average molecular weight is 423 g/mol. The number of hydrogen-bond donors (Lipinski definition) is 1. The molecule has 0 radical (unpaired) electrons. The quantitative estimate of drug-likeness (QED) is 0.651. The smallest absolute Gasteiger partial charge is 0.265 e. The van der Waals surface area contributed by atoms with E-state index in [0.717, 1.165) is 17.7 Å². The number of nitrogens with one attached hydrogen (secondary N) is 1. The van der Waals surface area contributed by atoms with Gasteiger partial charge in [0.15, 0.2) is 5.82 Å². The van der Waals surface area contributed by atoms with Gasteiger partial charge in [0, 0.05) is 38.2 Å². The maximum atomic E-state index is 13.5. The highest BCUT2D eigenvalue weighted by atomic mass is 19.1. The molecule has 3 heterocycles. The van der Waals surface area contributed by atoms with Crippen LogP contribution >= 0.6 is 0 Å². The molecule has 0 unspecified atom stereocenters. The molecule has 0 bridgehead atoms. The largest absolute Gasteiger partial charge is 0.351 e. The van der Waals surface area contributed by atoms with Crippen LogP contribution in [0.3, 0.4) is 0 Å². The molecule has 3 aromatic rings. The van der Waals surface area contributed by atoms with E-state index in [0.29, 0.717) is 36.0 Å². The van der Waals surface area contributed by atoms with Crippen molar-refractivity contribution in [2.75, 3.05) is 18.0 Å². The van der Waals surface area contributed by atoms with Crippen molar-refractivity contribution in [3.8, 4) is 0 Å². The van der Waals surface area contributed by atoms with E-state index in [2.05, 4.69) is 25.4 Å². The molecule has 1 aliphatic rings. The summed E-state index contributed by atoms with van der Waals surface area (Å²) in [5.41, 5.74) is 3.44. The van der Waals surface area contributed by atoms with Crippen LogP contribution in [0.25, 0.3) is 0 Å². The van der Waals surface area contributed by atoms with Crippen molar-refractivity contribution in [3.05, 3.63) is 60.1 Å². The number of amides is 1. The molecule has 0 saturated heterocycles. The van der Waals surface area contributed by atoms with E-state index in [4.69, 9.17) is 0 Å². The van der Waals surface area contributed by atoms with Crippen molar-refractivity contribution in [2.45, 2.75) is 27.2 Å². The fraction of sp³-hybridized carbons (Fsp3) is 0.318. The molecular weight excluding hydrogens is 397 g/mol. The zero-order valence-electron chi connectivity index (χ0n) is 18.1. The maximum Gasteiger partial charge on any atom is 0.265 e. The first-order valence-electron chi connectivity index (χ1n) is 10.0. The normalized spacial score (nSPS) is 12.8. The number of fused-ring (bicyclic) bond motifs is 1.